The molecule has 1 amide bonds. The van der Waals surface area contributed by atoms with Gasteiger partial charge in [-0.05, 0) is 53.1 Å². The van der Waals surface area contributed by atoms with Gasteiger partial charge in [-0.2, -0.15) is 4.68 Å². The minimum atomic E-state index is -0.392. The number of tetrazole rings is 1. The summed E-state index contributed by atoms with van der Waals surface area (Å²) < 4.78 is 6.78. The number of benzene rings is 3. The van der Waals surface area contributed by atoms with Crippen LogP contribution in [0.25, 0.3) is 16.5 Å². The highest BCUT2D eigenvalue weighted by molar-refractivity contribution is 8.00. The molecule has 1 unspecified atom stereocenters. The highest BCUT2D eigenvalue weighted by Crippen LogP contribution is 2.27. The molecular formula is C21H19N5O2S. The molecule has 1 N–H and O–H groups in total. The maximum atomic E-state index is 12.8. The number of nitrogens with zero attached hydrogens (tertiary/aromatic N) is 4. The van der Waals surface area contributed by atoms with Gasteiger partial charge in [0.05, 0.1) is 18.0 Å². The largest absolute Gasteiger partial charge is 0.497 e. The summed E-state index contributed by atoms with van der Waals surface area (Å²) >= 11 is 1.30. The van der Waals surface area contributed by atoms with Crippen LogP contribution in [0.2, 0.25) is 0 Å². The third-order valence-corrected chi connectivity index (χ3v) is 5.49. The summed E-state index contributed by atoms with van der Waals surface area (Å²) in [4.78, 5) is 12.8. The van der Waals surface area contributed by atoms with Gasteiger partial charge in [-0.25, -0.2) is 0 Å². The summed E-state index contributed by atoms with van der Waals surface area (Å²) in [5.41, 5.74) is 1.58. The molecule has 0 aliphatic heterocycles. The van der Waals surface area contributed by atoms with Crippen molar-refractivity contribution in [2.45, 2.75) is 17.3 Å². The van der Waals surface area contributed by atoms with E-state index in [-0.39, 0.29) is 5.91 Å². The quantitative estimate of drug-likeness (QED) is 0.489. The Morgan fingerprint density at radius 1 is 1.07 bits per heavy atom. The Kier molecular flexibility index (Phi) is 5.44. The van der Waals surface area contributed by atoms with Gasteiger partial charge in [0.25, 0.3) is 0 Å². The zero-order valence-electron chi connectivity index (χ0n) is 15.9. The second kappa shape index (κ2) is 8.32. The number of anilines is 1. The lowest BCUT2D eigenvalue weighted by molar-refractivity contribution is -0.115. The molecule has 0 spiro atoms. The van der Waals surface area contributed by atoms with Crippen molar-refractivity contribution in [2.24, 2.45) is 0 Å². The van der Waals surface area contributed by atoms with Crippen LogP contribution in [0.1, 0.15) is 6.92 Å². The van der Waals surface area contributed by atoms with Crippen LogP contribution in [-0.4, -0.2) is 38.5 Å². The number of carbonyl (C=O) groups excluding carboxylic acids is 1. The molecule has 0 saturated heterocycles. The molecule has 0 bridgehead atoms. The first-order valence-electron chi connectivity index (χ1n) is 9.04. The van der Waals surface area contributed by atoms with E-state index in [2.05, 4.69) is 20.8 Å². The van der Waals surface area contributed by atoms with E-state index in [1.54, 1.807) is 11.8 Å². The molecule has 29 heavy (non-hydrogen) atoms. The molecule has 0 saturated carbocycles. The van der Waals surface area contributed by atoms with Gasteiger partial charge in [0.1, 0.15) is 5.75 Å². The first-order valence-corrected chi connectivity index (χ1v) is 9.92. The normalized spacial score (nSPS) is 11.9. The van der Waals surface area contributed by atoms with Gasteiger partial charge in [-0.3, -0.25) is 4.79 Å². The Labute approximate surface area is 172 Å². The van der Waals surface area contributed by atoms with E-state index in [0.29, 0.717) is 5.16 Å². The Balaban J connectivity index is 1.50. The van der Waals surface area contributed by atoms with Crippen molar-refractivity contribution in [1.29, 1.82) is 0 Å². The fourth-order valence-electron chi connectivity index (χ4n) is 2.92. The van der Waals surface area contributed by atoms with E-state index >= 15 is 0 Å². The molecule has 4 aromatic rings. The molecule has 0 aliphatic rings. The summed E-state index contributed by atoms with van der Waals surface area (Å²) in [6.45, 7) is 1.83. The van der Waals surface area contributed by atoms with Gasteiger partial charge < -0.3 is 10.1 Å². The Morgan fingerprint density at radius 3 is 2.62 bits per heavy atom. The maximum Gasteiger partial charge on any atom is 0.237 e. The zero-order valence-corrected chi connectivity index (χ0v) is 16.8. The van der Waals surface area contributed by atoms with Crippen molar-refractivity contribution in [2.75, 3.05) is 12.4 Å². The lowest BCUT2D eigenvalue weighted by atomic mass is 10.1. The fraction of sp³-hybridized carbons (Fsp3) is 0.143. The molecule has 1 heterocycles. The summed E-state index contributed by atoms with van der Waals surface area (Å²) in [5, 5.41) is 17.1. The highest BCUT2D eigenvalue weighted by Gasteiger charge is 2.20. The second-order valence-electron chi connectivity index (χ2n) is 6.35. The van der Waals surface area contributed by atoms with Crippen LogP contribution in [0, 0.1) is 0 Å². The number of amides is 1. The van der Waals surface area contributed by atoms with Gasteiger partial charge in [0, 0.05) is 11.1 Å². The molecule has 146 valence electrons. The fourth-order valence-corrected chi connectivity index (χ4v) is 3.73. The number of fused-ring (bicyclic) bond motifs is 1. The first kappa shape index (κ1) is 18.9. The van der Waals surface area contributed by atoms with Crippen molar-refractivity contribution in [3.63, 3.8) is 0 Å². The third-order valence-electron chi connectivity index (χ3n) is 4.46. The predicted octanol–water partition coefficient (Wildman–Crippen LogP) is 3.94. The van der Waals surface area contributed by atoms with Crippen LogP contribution < -0.4 is 10.1 Å². The number of aromatic nitrogens is 4. The number of hydrogen-bond donors (Lipinski definition) is 1. The zero-order chi connectivity index (χ0) is 20.2. The number of methoxy groups -OCH3 is 1. The standard InChI is InChI=1S/C21H19N5O2S/c1-14(20(27)22-19-9-5-7-15-6-3-4-8-18(15)19)29-21-23-24-25-26(21)16-10-12-17(28-2)13-11-16/h3-14H,1-2H3,(H,22,27). The van der Waals surface area contributed by atoms with E-state index in [4.69, 9.17) is 4.74 Å². The third kappa shape index (κ3) is 4.07. The Hall–Kier alpha value is -3.39. The molecule has 1 atom stereocenters. The molecular weight excluding hydrogens is 386 g/mol. The van der Waals surface area contributed by atoms with Crippen LogP contribution >= 0.6 is 11.8 Å². The predicted molar refractivity (Wildman–Crippen MR) is 114 cm³/mol. The highest BCUT2D eigenvalue weighted by atomic mass is 32.2. The van der Waals surface area contributed by atoms with Gasteiger partial charge in [-0.15, -0.1) is 5.10 Å². The van der Waals surface area contributed by atoms with Gasteiger partial charge in [-0.1, -0.05) is 48.2 Å². The average molecular weight is 405 g/mol. The van der Waals surface area contributed by atoms with Gasteiger partial charge >= 0.3 is 0 Å². The van der Waals surface area contributed by atoms with E-state index in [9.17, 15) is 4.79 Å². The van der Waals surface area contributed by atoms with Gasteiger partial charge in [0.15, 0.2) is 0 Å². The van der Waals surface area contributed by atoms with E-state index in [0.717, 1.165) is 27.9 Å². The molecule has 0 radical (unpaired) electrons. The average Bonchev–Trinajstić information content (AvgIpc) is 3.22. The lowest BCUT2D eigenvalue weighted by Crippen LogP contribution is -2.23. The SMILES string of the molecule is COc1ccc(-n2nnnc2SC(C)C(=O)Nc2cccc3ccccc23)cc1. The summed E-state index contributed by atoms with van der Waals surface area (Å²) in [7, 11) is 1.61. The lowest BCUT2D eigenvalue weighted by Gasteiger charge is -2.13. The number of nitrogens with one attached hydrogen (secondary N) is 1. The van der Waals surface area contributed by atoms with Crippen molar-refractivity contribution < 1.29 is 9.53 Å². The van der Waals surface area contributed by atoms with Crippen LogP contribution in [0.15, 0.2) is 71.9 Å². The number of hydrogen-bond acceptors (Lipinski definition) is 6. The smallest absolute Gasteiger partial charge is 0.237 e. The van der Waals surface area contributed by atoms with Crippen molar-refractivity contribution in [3.05, 3.63) is 66.7 Å². The van der Waals surface area contributed by atoms with E-state index in [1.807, 2.05) is 73.7 Å². The number of thioether (sulfide) groups is 1. The topological polar surface area (TPSA) is 81.9 Å². The summed E-state index contributed by atoms with van der Waals surface area (Å²) in [6.07, 6.45) is 0. The number of rotatable bonds is 6. The summed E-state index contributed by atoms with van der Waals surface area (Å²) in [6, 6.07) is 21.2. The van der Waals surface area contributed by atoms with Gasteiger partial charge in [0.2, 0.25) is 11.1 Å². The van der Waals surface area contributed by atoms with Crippen molar-refractivity contribution in [3.8, 4) is 11.4 Å². The monoisotopic (exact) mass is 405 g/mol. The van der Waals surface area contributed by atoms with E-state index in [1.165, 1.54) is 11.8 Å². The molecule has 8 heteroatoms. The maximum absolute atomic E-state index is 12.8. The van der Waals surface area contributed by atoms with Crippen LogP contribution in [-0.2, 0) is 4.79 Å². The second-order valence-corrected chi connectivity index (χ2v) is 7.66. The van der Waals surface area contributed by atoms with Crippen LogP contribution in [0.4, 0.5) is 5.69 Å². The van der Waals surface area contributed by atoms with Crippen molar-refractivity contribution >= 4 is 34.1 Å². The minimum absolute atomic E-state index is 0.115. The first-order chi connectivity index (χ1) is 14.2. The van der Waals surface area contributed by atoms with E-state index < -0.39 is 5.25 Å². The Morgan fingerprint density at radius 2 is 1.83 bits per heavy atom. The molecule has 0 aliphatic carbocycles. The van der Waals surface area contributed by atoms with Crippen LogP contribution in [0.3, 0.4) is 0 Å². The molecule has 7 nitrogen and oxygen atoms in total. The van der Waals surface area contributed by atoms with Crippen molar-refractivity contribution in [1.82, 2.24) is 20.2 Å². The minimum Gasteiger partial charge on any atom is -0.497 e. The number of carbonyl (C=O) groups is 1. The summed E-state index contributed by atoms with van der Waals surface area (Å²) in [5.74, 6) is 0.634. The molecule has 3 aromatic carbocycles. The van der Waals surface area contributed by atoms with Crippen LogP contribution in [0.5, 0.6) is 5.75 Å². The Bertz CT molecular complexity index is 1140. The molecule has 4 rings (SSSR count). The molecule has 0 fully saturated rings. The molecule has 1 aromatic heterocycles. The number of ether oxygens (including phenoxy) is 1.